The minimum Gasteiger partial charge on any atom is -0.361 e. The summed E-state index contributed by atoms with van der Waals surface area (Å²) in [6.07, 6.45) is 3.68. The average molecular weight is 429 g/mol. The molecule has 7 heteroatoms. The van der Waals surface area contributed by atoms with Crippen LogP contribution in [0.1, 0.15) is 23.7 Å². The first-order valence-corrected chi connectivity index (χ1v) is 10.4. The van der Waals surface area contributed by atoms with Crippen molar-refractivity contribution in [3.8, 4) is 0 Å². The van der Waals surface area contributed by atoms with E-state index in [4.69, 9.17) is 11.6 Å². The van der Waals surface area contributed by atoms with Gasteiger partial charge in [0, 0.05) is 28.3 Å². The Labute approximate surface area is 185 Å². The number of hydrogen-bond donors (Lipinski definition) is 2. The molecule has 6 nitrogen and oxygen atoms in total. The van der Waals surface area contributed by atoms with Crippen LogP contribution in [0.25, 0.3) is 22.8 Å². The van der Waals surface area contributed by atoms with Crippen LogP contribution in [-0.4, -0.2) is 26.2 Å². The van der Waals surface area contributed by atoms with Crippen molar-refractivity contribution in [2.45, 2.75) is 19.9 Å². The summed E-state index contributed by atoms with van der Waals surface area (Å²) in [4.78, 5) is 10.9. The highest BCUT2D eigenvalue weighted by atomic mass is 35.5. The maximum Gasteiger partial charge on any atom is 0.186 e. The van der Waals surface area contributed by atoms with Gasteiger partial charge in [0.15, 0.2) is 5.65 Å². The first kappa shape index (κ1) is 19.3. The molecule has 0 aliphatic carbocycles. The summed E-state index contributed by atoms with van der Waals surface area (Å²) in [5.74, 6) is 0.736. The van der Waals surface area contributed by atoms with Gasteiger partial charge in [0.25, 0.3) is 0 Å². The van der Waals surface area contributed by atoms with Crippen LogP contribution in [0.15, 0.2) is 67.1 Å². The van der Waals surface area contributed by atoms with Gasteiger partial charge >= 0.3 is 0 Å². The fourth-order valence-corrected chi connectivity index (χ4v) is 4.34. The number of H-pyrrole nitrogens is 1. The SMILES string of the molecule is C=C1c2c(Cl)cccc2C=C([C@H](C)Nc2ncnc3n[nH]c(C)c23)N1c1ccccc1. The van der Waals surface area contributed by atoms with E-state index in [1.54, 1.807) is 0 Å². The van der Waals surface area contributed by atoms with Crippen LogP contribution >= 0.6 is 11.6 Å². The molecule has 1 atom stereocenters. The molecule has 0 spiro atoms. The monoisotopic (exact) mass is 428 g/mol. The average Bonchev–Trinajstić information content (AvgIpc) is 3.16. The lowest BCUT2D eigenvalue weighted by molar-refractivity contribution is 0.884. The zero-order valence-electron chi connectivity index (χ0n) is 17.2. The Morgan fingerprint density at radius 3 is 2.71 bits per heavy atom. The maximum atomic E-state index is 6.56. The molecule has 0 bridgehead atoms. The third kappa shape index (κ3) is 3.25. The molecule has 0 saturated heterocycles. The Morgan fingerprint density at radius 2 is 1.90 bits per heavy atom. The quantitative estimate of drug-likeness (QED) is 0.439. The number of rotatable bonds is 4. The van der Waals surface area contributed by atoms with Crippen LogP contribution in [0.3, 0.4) is 0 Å². The lowest BCUT2D eigenvalue weighted by Gasteiger charge is -2.37. The molecule has 0 amide bonds. The Morgan fingerprint density at radius 1 is 1.10 bits per heavy atom. The van der Waals surface area contributed by atoms with E-state index in [1.165, 1.54) is 6.33 Å². The number of nitrogens with zero attached hydrogens (tertiary/aromatic N) is 4. The summed E-state index contributed by atoms with van der Waals surface area (Å²) in [7, 11) is 0. The lowest BCUT2D eigenvalue weighted by atomic mass is 9.95. The first-order chi connectivity index (χ1) is 15.0. The molecule has 1 aliphatic rings. The van der Waals surface area contributed by atoms with Gasteiger partial charge in [-0.3, -0.25) is 5.10 Å². The molecule has 0 radical (unpaired) electrons. The van der Waals surface area contributed by atoms with Crippen LogP contribution in [0.2, 0.25) is 5.02 Å². The summed E-state index contributed by atoms with van der Waals surface area (Å²) in [6.45, 7) is 8.47. The number of para-hydroxylation sites is 1. The summed E-state index contributed by atoms with van der Waals surface area (Å²) < 4.78 is 0. The molecule has 31 heavy (non-hydrogen) atoms. The predicted molar refractivity (Wildman–Crippen MR) is 127 cm³/mol. The van der Waals surface area contributed by atoms with Gasteiger partial charge in [0.05, 0.1) is 16.5 Å². The lowest BCUT2D eigenvalue weighted by Crippen LogP contribution is -2.34. The second-order valence-corrected chi connectivity index (χ2v) is 7.93. The molecule has 3 heterocycles. The molecule has 4 aromatic rings. The summed E-state index contributed by atoms with van der Waals surface area (Å²) in [5.41, 5.74) is 6.44. The van der Waals surface area contributed by atoms with E-state index in [-0.39, 0.29) is 6.04 Å². The van der Waals surface area contributed by atoms with E-state index in [1.807, 2.05) is 37.3 Å². The maximum absolute atomic E-state index is 6.56. The molecular weight excluding hydrogens is 408 g/mol. The van der Waals surface area contributed by atoms with Crippen molar-refractivity contribution in [2.24, 2.45) is 0 Å². The summed E-state index contributed by atoms with van der Waals surface area (Å²) >= 11 is 6.56. The highest BCUT2D eigenvalue weighted by Crippen LogP contribution is 2.41. The Hall–Kier alpha value is -3.64. The van der Waals surface area contributed by atoms with Crippen molar-refractivity contribution >= 4 is 45.9 Å². The molecule has 154 valence electrons. The van der Waals surface area contributed by atoms with Crippen molar-refractivity contribution in [1.29, 1.82) is 0 Å². The second kappa shape index (κ2) is 7.56. The van der Waals surface area contributed by atoms with Crippen LogP contribution in [0.4, 0.5) is 11.5 Å². The smallest absolute Gasteiger partial charge is 0.186 e. The van der Waals surface area contributed by atoms with Gasteiger partial charge in [0.1, 0.15) is 12.1 Å². The highest BCUT2D eigenvalue weighted by Gasteiger charge is 2.28. The molecule has 2 aromatic heterocycles. The minimum absolute atomic E-state index is 0.0866. The predicted octanol–water partition coefficient (Wildman–Crippen LogP) is 5.65. The highest BCUT2D eigenvalue weighted by molar-refractivity contribution is 6.33. The summed E-state index contributed by atoms with van der Waals surface area (Å²) in [6, 6.07) is 16.0. The third-order valence-corrected chi connectivity index (χ3v) is 5.82. The van der Waals surface area contributed by atoms with Crippen LogP contribution < -0.4 is 10.2 Å². The fourth-order valence-electron chi connectivity index (χ4n) is 4.05. The van der Waals surface area contributed by atoms with Crippen molar-refractivity contribution < 1.29 is 0 Å². The van der Waals surface area contributed by atoms with Gasteiger partial charge < -0.3 is 10.2 Å². The van der Waals surface area contributed by atoms with E-state index in [9.17, 15) is 0 Å². The first-order valence-electron chi connectivity index (χ1n) is 10.0. The normalized spacial score (nSPS) is 14.4. The van der Waals surface area contributed by atoms with E-state index in [0.29, 0.717) is 10.7 Å². The number of aromatic amines is 1. The zero-order chi connectivity index (χ0) is 21.5. The molecule has 0 fully saturated rings. The molecule has 2 N–H and O–H groups in total. The van der Waals surface area contributed by atoms with Gasteiger partial charge in [-0.15, -0.1) is 0 Å². The van der Waals surface area contributed by atoms with Gasteiger partial charge in [-0.1, -0.05) is 48.5 Å². The van der Waals surface area contributed by atoms with Crippen LogP contribution in [-0.2, 0) is 0 Å². The van der Waals surface area contributed by atoms with Crippen molar-refractivity contribution in [3.05, 3.63) is 89.0 Å². The van der Waals surface area contributed by atoms with E-state index in [2.05, 4.69) is 68.2 Å². The number of fused-ring (bicyclic) bond motifs is 2. The Kier molecular flexibility index (Phi) is 4.71. The molecule has 0 unspecified atom stereocenters. The number of aryl methyl sites for hydroxylation is 1. The number of halogens is 1. The standard InChI is InChI=1S/C24H21ClN6/c1-14(28-23-21-15(2)29-30-24(21)27-13-26-23)20-12-17-8-7-11-19(25)22(17)16(3)31(20)18-9-5-4-6-10-18/h4-14H,3H2,1-2H3,(H2,26,27,28,29,30)/t14-/m0/s1. The van der Waals surface area contributed by atoms with E-state index in [0.717, 1.165) is 45.1 Å². The van der Waals surface area contributed by atoms with Gasteiger partial charge in [-0.25, -0.2) is 9.97 Å². The van der Waals surface area contributed by atoms with Crippen molar-refractivity contribution in [1.82, 2.24) is 20.2 Å². The number of benzene rings is 2. The van der Waals surface area contributed by atoms with E-state index < -0.39 is 0 Å². The third-order valence-electron chi connectivity index (χ3n) is 5.51. The number of anilines is 2. The molecular formula is C24H21ClN6. The number of nitrogens with one attached hydrogen (secondary N) is 2. The molecule has 1 aliphatic heterocycles. The zero-order valence-corrected chi connectivity index (χ0v) is 18.0. The summed E-state index contributed by atoms with van der Waals surface area (Å²) in [5, 5.41) is 12.4. The minimum atomic E-state index is -0.0866. The van der Waals surface area contributed by atoms with Crippen LogP contribution in [0.5, 0.6) is 0 Å². The van der Waals surface area contributed by atoms with Crippen molar-refractivity contribution in [3.63, 3.8) is 0 Å². The molecule has 5 rings (SSSR count). The molecule has 2 aromatic carbocycles. The van der Waals surface area contributed by atoms with E-state index >= 15 is 0 Å². The Bertz CT molecular complexity index is 1320. The Balaban J connectivity index is 1.62. The van der Waals surface area contributed by atoms with Gasteiger partial charge in [-0.05, 0) is 43.7 Å². The fraction of sp³-hybridized carbons (Fsp3) is 0.125. The van der Waals surface area contributed by atoms with Crippen molar-refractivity contribution in [2.75, 3.05) is 10.2 Å². The van der Waals surface area contributed by atoms with Gasteiger partial charge in [-0.2, -0.15) is 5.10 Å². The number of aromatic nitrogens is 4. The molecule has 0 saturated carbocycles. The van der Waals surface area contributed by atoms with Crippen LogP contribution in [0, 0.1) is 6.92 Å². The van der Waals surface area contributed by atoms with Gasteiger partial charge in [0.2, 0.25) is 0 Å². The topological polar surface area (TPSA) is 69.7 Å². The largest absolute Gasteiger partial charge is 0.361 e. The number of hydrogen-bond acceptors (Lipinski definition) is 5. The second-order valence-electron chi connectivity index (χ2n) is 7.53.